The minimum absolute atomic E-state index is 0.197. The van der Waals surface area contributed by atoms with Crippen molar-refractivity contribution >= 4 is 0 Å². The van der Waals surface area contributed by atoms with E-state index < -0.39 is 0 Å². The zero-order chi connectivity index (χ0) is 9.26. The first kappa shape index (κ1) is 8.73. The molecule has 2 heteroatoms. The molecule has 1 aromatic rings. The summed E-state index contributed by atoms with van der Waals surface area (Å²) < 4.78 is 5.41. The van der Waals surface area contributed by atoms with Crippen molar-refractivity contribution < 1.29 is 4.74 Å². The summed E-state index contributed by atoms with van der Waals surface area (Å²) >= 11 is 0. The molecule has 70 valence electrons. The van der Waals surface area contributed by atoms with E-state index in [0.29, 0.717) is 0 Å². The van der Waals surface area contributed by atoms with E-state index in [4.69, 9.17) is 10.5 Å². The zero-order valence-corrected chi connectivity index (χ0v) is 7.86. The highest BCUT2D eigenvalue weighted by molar-refractivity contribution is 5.33. The van der Waals surface area contributed by atoms with Crippen molar-refractivity contribution in [2.75, 3.05) is 7.11 Å². The number of benzene rings is 1. The van der Waals surface area contributed by atoms with Crippen LogP contribution in [0.1, 0.15) is 36.1 Å². The van der Waals surface area contributed by atoms with Crippen LogP contribution < -0.4 is 5.73 Å². The molecule has 0 saturated carbocycles. The Kier molecular flexibility index (Phi) is 2.34. The summed E-state index contributed by atoms with van der Waals surface area (Å²) in [6.07, 6.45) is 2.31. The number of hydrogen-bond donors (Lipinski definition) is 1. The lowest BCUT2D eigenvalue weighted by Gasteiger charge is -2.28. The second-order valence-electron chi connectivity index (χ2n) is 3.54. The third kappa shape index (κ3) is 1.47. The van der Waals surface area contributed by atoms with Gasteiger partial charge in [0, 0.05) is 13.2 Å². The average Bonchev–Trinajstić information content (AvgIpc) is 2.19. The van der Waals surface area contributed by atoms with E-state index in [2.05, 4.69) is 12.1 Å². The Morgan fingerprint density at radius 3 is 2.62 bits per heavy atom. The van der Waals surface area contributed by atoms with Crippen LogP contribution in [0.25, 0.3) is 0 Å². The minimum Gasteiger partial charge on any atom is -0.377 e. The van der Waals surface area contributed by atoms with Crippen molar-refractivity contribution in [3.63, 3.8) is 0 Å². The second-order valence-corrected chi connectivity index (χ2v) is 3.54. The Morgan fingerprint density at radius 2 is 1.92 bits per heavy atom. The summed E-state index contributed by atoms with van der Waals surface area (Å²) in [6.45, 7) is 0. The summed E-state index contributed by atoms with van der Waals surface area (Å²) in [5.41, 5.74) is 8.53. The Bertz CT molecular complexity index is 298. The molecule has 0 aliphatic heterocycles. The molecule has 1 aromatic carbocycles. The van der Waals surface area contributed by atoms with Crippen molar-refractivity contribution in [1.82, 2.24) is 0 Å². The summed E-state index contributed by atoms with van der Waals surface area (Å²) in [4.78, 5) is 0. The highest BCUT2D eigenvalue weighted by Crippen LogP contribution is 2.36. The van der Waals surface area contributed by atoms with E-state index in [1.165, 1.54) is 11.1 Å². The van der Waals surface area contributed by atoms with Crippen LogP contribution in [0.5, 0.6) is 0 Å². The van der Waals surface area contributed by atoms with Gasteiger partial charge in [-0.2, -0.15) is 0 Å². The first-order chi connectivity index (χ1) is 6.33. The average molecular weight is 177 g/mol. The lowest BCUT2D eigenvalue weighted by atomic mass is 9.86. The summed E-state index contributed by atoms with van der Waals surface area (Å²) in [6, 6.07) is 8.50. The molecule has 0 bridgehead atoms. The van der Waals surface area contributed by atoms with Gasteiger partial charge in [-0.05, 0) is 24.0 Å². The van der Waals surface area contributed by atoms with Crippen LogP contribution in [-0.2, 0) is 4.74 Å². The number of rotatable bonds is 1. The van der Waals surface area contributed by atoms with Gasteiger partial charge in [0.1, 0.15) is 0 Å². The van der Waals surface area contributed by atoms with Crippen molar-refractivity contribution in [3.05, 3.63) is 35.4 Å². The Labute approximate surface area is 78.7 Å². The smallest absolute Gasteiger partial charge is 0.0825 e. The largest absolute Gasteiger partial charge is 0.377 e. The van der Waals surface area contributed by atoms with Crippen molar-refractivity contribution in [3.8, 4) is 0 Å². The molecule has 0 fully saturated rings. The minimum atomic E-state index is 0.197. The topological polar surface area (TPSA) is 35.2 Å². The molecule has 0 radical (unpaired) electrons. The van der Waals surface area contributed by atoms with Gasteiger partial charge < -0.3 is 10.5 Å². The van der Waals surface area contributed by atoms with Crippen molar-refractivity contribution in [2.24, 2.45) is 5.73 Å². The van der Waals surface area contributed by atoms with Crippen molar-refractivity contribution in [2.45, 2.75) is 25.0 Å². The van der Waals surface area contributed by atoms with Gasteiger partial charge in [0.05, 0.1) is 6.10 Å². The molecule has 0 amide bonds. The molecule has 1 aliphatic rings. The molecule has 2 rings (SSSR count). The van der Waals surface area contributed by atoms with Gasteiger partial charge in [0.25, 0.3) is 0 Å². The fourth-order valence-corrected chi connectivity index (χ4v) is 2.03. The lowest BCUT2D eigenvalue weighted by Crippen LogP contribution is -2.21. The van der Waals surface area contributed by atoms with Gasteiger partial charge in [0.2, 0.25) is 0 Å². The standard InChI is InChI=1S/C11H15NO/c1-13-11-7-6-10(12)8-4-2-3-5-9(8)11/h2-5,10-11H,6-7,12H2,1H3/t10-,11+/m0/s1. The van der Waals surface area contributed by atoms with Crippen LogP contribution in [0.4, 0.5) is 0 Å². The SMILES string of the molecule is CO[C@@H]1CC[C@H](N)c2ccccc21. The molecule has 13 heavy (non-hydrogen) atoms. The van der Waals surface area contributed by atoms with E-state index in [0.717, 1.165) is 12.8 Å². The van der Waals surface area contributed by atoms with Crippen molar-refractivity contribution in [1.29, 1.82) is 0 Å². The molecule has 2 atom stereocenters. The van der Waals surface area contributed by atoms with Crippen LogP contribution in [0.3, 0.4) is 0 Å². The molecular weight excluding hydrogens is 162 g/mol. The van der Waals surface area contributed by atoms with Gasteiger partial charge in [-0.25, -0.2) is 0 Å². The molecule has 0 saturated heterocycles. The first-order valence-corrected chi connectivity index (χ1v) is 4.70. The second kappa shape index (κ2) is 3.48. The van der Waals surface area contributed by atoms with Gasteiger partial charge >= 0.3 is 0 Å². The molecule has 0 unspecified atom stereocenters. The third-order valence-electron chi connectivity index (χ3n) is 2.77. The fourth-order valence-electron chi connectivity index (χ4n) is 2.03. The Morgan fingerprint density at radius 1 is 1.23 bits per heavy atom. The van der Waals surface area contributed by atoms with E-state index in [1.54, 1.807) is 7.11 Å². The molecule has 2 N–H and O–H groups in total. The summed E-state index contributed by atoms with van der Waals surface area (Å²) in [5, 5.41) is 0. The van der Waals surface area contributed by atoms with E-state index in [9.17, 15) is 0 Å². The highest BCUT2D eigenvalue weighted by Gasteiger charge is 2.23. The summed E-state index contributed by atoms with van der Waals surface area (Å²) in [5.74, 6) is 0. The predicted octanol–water partition coefficient (Wildman–Crippen LogP) is 2.17. The Hall–Kier alpha value is -0.860. The highest BCUT2D eigenvalue weighted by atomic mass is 16.5. The van der Waals surface area contributed by atoms with Crippen LogP contribution in [-0.4, -0.2) is 7.11 Å². The molecule has 0 spiro atoms. The normalized spacial score (nSPS) is 26.9. The third-order valence-corrected chi connectivity index (χ3v) is 2.77. The van der Waals surface area contributed by atoms with E-state index >= 15 is 0 Å². The van der Waals surface area contributed by atoms with Crippen LogP contribution in [0.15, 0.2) is 24.3 Å². The van der Waals surface area contributed by atoms with Gasteiger partial charge in [-0.1, -0.05) is 24.3 Å². The van der Waals surface area contributed by atoms with Gasteiger partial charge in [0.15, 0.2) is 0 Å². The summed E-state index contributed by atoms with van der Waals surface area (Å²) in [7, 11) is 1.76. The number of fused-ring (bicyclic) bond motifs is 1. The van der Waals surface area contributed by atoms with Gasteiger partial charge in [-0.3, -0.25) is 0 Å². The van der Waals surface area contributed by atoms with E-state index in [-0.39, 0.29) is 12.1 Å². The number of nitrogens with two attached hydrogens (primary N) is 1. The monoisotopic (exact) mass is 177 g/mol. The quantitative estimate of drug-likeness (QED) is 0.713. The maximum absolute atomic E-state index is 6.01. The number of hydrogen-bond acceptors (Lipinski definition) is 2. The van der Waals surface area contributed by atoms with Crippen LogP contribution in [0.2, 0.25) is 0 Å². The fraction of sp³-hybridized carbons (Fsp3) is 0.455. The molecular formula is C11H15NO. The lowest BCUT2D eigenvalue weighted by molar-refractivity contribution is 0.0845. The Balaban J connectivity index is 2.42. The first-order valence-electron chi connectivity index (χ1n) is 4.70. The number of ether oxygens (including phenoxy) is 1. The number of methoxy groups -OCH3 is 1. The predicted molar refractivity (Wildman–Crippen MR) is 52.4 cm³/mol. The van der Waals surface area contributed by atoms with Crippen LogP contribution >= 0.6 is 0 Å². The molecule has 1 aliphatic carbocycles. The molecule has 0 heterocycles. The van der Waals surface area contributed by atoms with Gasteiger partial charge in [-0.15, -0.1) is 0 Å². The maximum atomic E-state index is 6.01. The molecule has 2 nitrogen and oxygen atoms in total. The molecule has 0 aromatic heterocycles. The van der Waals surface area contributed by atoms with Crippen LogP contribution in [0, 0.1) is 0 Å². The maximum Gasteiger partial charge on any atom is 0.0825 e. The van der Waals surface area contributed by atoms with E-state index in [1.807, 2.05) is 12.1 Å². The zero-order valence-electron chi connectivity index (χ0n) is 7.86.